The van der Waals surface area contributed by atoms with Gasteiger partial charge < -0.3 is 10.1 Å². The molecule has 0 aliphatic rings. The van der Waals surface area contributed by atoms with E-state index < -0.39 is 0 Å². The summed E-state index contributed by atoms with van der Waals surface area (Å²) in [5, 5.41) is 4.76. The van der Waals surface area contributed by atoms with E-state index in [4.69, 9.17) is 4.74 Å². The normalized spacial score (nSPS) is 10.3. The van der Waals surface area contributed by atoms with E-state index in [2.05, 4.69) is 12.2 Å². The lowest BCUT2D eigenvalue weighted by Gasteiger charge is -2.07. The number of amides is 1. The molecule has 1 aromatic heterocycles. The van der Waals surface area contributed by atoms with Crippen molar-refractivity contribution in [2.45, 2.75) is 32.6 Å². The summed E-state index contributed by atoms with van der Waals surface area (Å²) >= 11 is 1.68. The second-order valence-electron chi connectivity index (χ2n) is 5.20. The highest BCUT2D eigenvalue weighted by Crippen LogP contribution is 2.13. The molecule has 0 aliphatic carbocycles. The Kier molecular flexibility index (Phi) is 6.81. The number of hydrogen-bond donors (Lipinski definition) is 1. The van der Waals surface area contributed by atoms with Gasteiger partial charge in [0, 0.05) is 17.0 Å². The zero-order valence-electron chi connectivity index (χ0n) is 13.2. The van der Waals surface area contributed by atoms with Crippen LogP contribution in [0.25, 0.3) is 0 Å². The molecule has 2 rings (SSSR count). The predicted octanol–water partition coefficient (Wildman–Crippen LogP) is 3.82. The van der Waals surface area contributed by atoms with E-state index in [-0.39, 0.29) is 18.5 Å². The average Bonchev–Trinajstić information content (AvgIpc) is 3.06. The Labute approximate surface area is 140 Å². The van der Waals surface area contributed by atoms with Gasteiger partial charge in [-0.15, -0.1) is 11.3 Å². The number of esters is 1. The molecule has 1 amide bonds. The summed E-state index contributed by atoms with van der Waals surface area (Å²) in [6.07, 6.45) is 2.84. The lowest BCUT2D eigenvalue weighted by atomic mass is 10.1. The van der Waals surface area contributed by atoms with Crippen LogP contribution in [0.4, 0.5) is 5.69 Å². The largest absolute Gasteiger partial charge is 0.456 e. The molecule has 1 aromatic carbocycles. The molecule has 2 aromatic rings. The van der Waals surface area contributed by atoms with Crippen LogP contribution < -0.4 is 5.32 Å². The first-order chi connectivity index (χ1) is 11.2. The maximum absolute atomic E-state index is 11.8. The molecule has 1 heterocycles. The molecular weight excluding hydrogens is 310 g/mol. The standard InChI is InChI=1S/C18H21NO3S/c1-2-14-6-3-7-15(12-14)19-17(20)13-22-18(21)10-4-8-16-9-5-11-23-16/h3,5-7,9,11-12H,2,4,8,10,13H2,1H3,(H,19,20). The van der Waals surface area contributed by atoms with E-state index in [1.165, 1.54) is 4.88 Å². The molecule has 0 fully saturated rings. The Hall–Kier alpha value is -2.14. The molecule has 0 atom stereocenters. The summed E-state index contributed by atoms with van der Waals surface area (Å²) in [7, 11) is 0. The molecule has 0 aliphatic heterocycles. The second-order valence-corrected chi connectivity index (χ2v) is 6.23. The third-order valence-corrected chi connectivity index (χ3v) is 4.30. The van der Waals surface area contributed by atoms with Crippen LogP contribution in [0.3, 0.4) is 0 Å². The Morgan fingerprint density at radius 1 is 1.22 bits per heavy atom. The fourth-order valence-electron chi connectivity index (χ4n) is 2.15. The summed E-state index contributed by atoms with van der Waals surface area (Å²) < 4.78 is 5.00. The first-order valence-electron chi connectivity index (χ1n) is 7.74. The Bertz CT molecular complexity index is 637. The highest BCUT2D eigenvalue weighted by Gasteiger charge is 2.08. The van der Waals surface area contributed by atoms with Gasteiger partial charge in [0.1, 0.15) is 0 Å². The maximum atomic E-state index is 11.8. The summed E-state index contributed by atoms with van der Waals surface area (Å²) in [6.45, 7) is 1.81. The highest BCUT2D eigenvalue weighted by molar-refractivity contribution is 7.09. The molecule has 4 nitrogen and oxygen atoms in total. The number of hydrogen-bond acceptors (Lipinski definition) is 4. The van der Waals surface area contributed by atoms with Crippen molar-refractivity contribution in [1.29, 1.82) is 0 Å². The minimum atomic E-state index is -0.334. The third kappa shape index (κ3) is 6.24. The molecule has 0 bridgehead atoms. The minimum absolute atomic E-state index is 0.242. The first-order valence-corrected chi connectivity index (χ1v) is 8.62. The van der Waals surface area contributed by atoms with Crippen LogP contribution in [0.15, 0.2) is 41.8 Å². The van der Waals surface area contributed by atoms with Gasteiger partial charge >= 0.3 is 5.97 Å². The molecule has 0 radical (unpaired) electrons. The van der Waals surface area contributed by atoms with Crippen LogP contribution >= 0.6 is 11.3 Å². The molecule has 122 valence electrons. The highest BCUT2D eigenvalue weighted by atomic mass is 32.1. The molecule has 0 saturated heterocycles. The van der Waals surface area contributed by atoms with Crippen molar-refractivity contribution in [3.8, 4) is 0 Å². The van der Waals surface area contributed by atoms with E-state index in [9.17, 15) is 9.59 Å². The van der Waals surface area contributed by atoms with Crippen molar-refractivity contribution in [2.75, 3.05) is 11.9 Å². The third-order valence-electron chi connectivity index (χ3n) is 3.37. The zero-order valence-corrected chi connectivity index (χ0v) is 14.0. The molecule has 23 heavy (non-hydrogen) atoms. The van der Waals surface area contributed by atoms with Gasteiger partial charge in [-0.05, 0) is 48.4 Å². The van der Waals surface area contributed by atoms with E-state index >= 15 is 0 Å². The number of anilines is 1. The van der Waals surface area contributed by atoms with Crippen LogP contribution in [0.1, 0.15) is 30.2 Å². The monoisotopic (exact) mass is 331 g/mol. The summed E-state index contributed by atoms with van der Waals surface area (Å²) in [4.78, 5) is 24.7. The first kappa shape index (κ1) is 17.2. The number of carbonyl (C=O) groups excluding carboxylic acids is 2. The number of thiophene rings is 1. The lowest BCUT2D eigenvalue weighted by molar-refractivity contribution is -0.147. The van der Waals surface area contributed by atoms with E-state index in [1.807, 2.05) is 41.8 Å². The Morgan fingerprint density at radius 2 is 2.09 bits per heavy atom. The smallest absolute Gasteiger partial charge is 0.306 e. The quantitative estimate of drug-likeness (QED) is 0.748. The van der Waals surface area contributed by atoms with Crippen molar-refractivity contribution >= 4 is 28.9 Å². The zero-order chi connectivity index (χ0) is 16.5. The van der Waals surface area contributed by atoms with Gasteiger partial charge in [-0.2, -0.15) is 0 Å². The van der Waals surface area contributed by atoms with Crippen molar-refractivity contribution in [3.63, 3.8) is 0 Å². The second kappa shape index (κ2) is 9.10. The average molecular weight is 331 g/mol. The van der Waals surface area contributed by atoms with Gasteiger partial charge in [0.2, 0.25) is 0 Å². The van der Waals surface area contributed by atoms with E-state index in [0.717, 1.165) is 30.5 Å². The molecule has 0 unspecified atom stereocenters. The molecular formula is C18H21NO3S. The number of ether oxygens (including phenoxy) is 1. The van der Waals surface area contributed by atoms with Gasteiger partial charge in [-0.3, -0.25) is 9.59 Å². The molecule has 5 heteroatoms. The van der Waals surface area contributed by atoms with Crippen molar-refractivity contribution in [2.24, 2.45) is 0 Å². The fourth-order valence-corrected chi connectivity index (χ4v) is 2.90. The predicted molar refractivity (Wildman–Crippen MR) is 92.7 cm³/mol. The SMILES string of the molecule is CCc1cccc(NC(=O)COC(=O)CCCc2cccs2)c1. The topological polar surface area (TPSA) is 55.4 Å². The molecule has 0 spiro atoms. The van der Waals surface area contributed by atoms with Crippen molar-refractivity contribution in [3.05, 3.63) is 52.2 Å². The number of aryl methyl sites for hydroxylation is 2. The number of rotatable bonds is 8. The van der Waals surface area contributed by atoms with Crippen LogP contribution in [-0.4, -0.2) is 18.5 Å². The summed E-state index contributed by atoms with van der Waals surface area (Å²) in [5.41, 5.74) is 1.87. The Balaban J connectivity index is 1.66. The van der Waals surface area contributed by atoms with Crippen molar-refractivity contribution < 1.29 is 14.3 Å². The van der Waals surface area contributed by atoms with Gasteiger partial charge in [0.25, 0.3) is 5.91 Å². The van der Waals surface area contributed by atoms with Crippen LogP contribution in [0, 0.1) is 0 Å². The lowest BCUT2D eigenvalue weighted by Crippen LogP contribution is -2.20. The van der Waals surface area contributed by atoms with E-state index in [1.54, 1.807) is 11.3 Å². The van der Waals surface area contributed by atoms with Crippen molar-refractivity contribution in [1.82, 2.24) is 0 Å². The van der Waals surface area contributed by atoms with Gasteiger partial charge in [-0.25, -0.2) is 0 Å². The summed E-state index contributed by atoms with van der Waals surface area (Å²) in [6, 6.07) is 11.7. The van der Waals surface area contributed by atoms with Gasteiger partial charge in [0.15, 0.2) is 6.61 Å². The number of nitrogens with one attached hydrogen (secondary N) is 1. The fraction of sp³-hybridized carbons (Fsp3) is 0.333. The Morgan fingerprint density at radius 3 is 2.83 bits per heavy atom. The maximum Gasteiger partial charge on any atom is 0.306 e. The van der Waals surface area contributed by atoms with E-state index in [0.29, 0.717) is 6.42 Å². The number of benzene rings is 1. The molecule has 1 N–H and O–H groups in total. The van der Waals surface area contributed by atoms with Crippen LogP contribution in [0.5, 0.6) is 0 Å². The van der Waals surface area contributed by atoms with Crippen LogP contribution in [0.2, 0.25) is 0 Å². The van der Waals surface area contributed by atoms with Gasteiger partial charge in [-0.1, -0.05) is 25.1 Å². The van der Waals surface area contributed by atoms with Crippen LogP contribution in [-0.2, 0) is 27.2 Å². The molecule has 0 saturated carbocycles. The van der Waals surface area contributed by atoms with Gasteiger partial charge in [0.05, 0.1) is 0 Å². The summed E-state index contributed by atoms with van der Waals surface area (Å²) in [5.74, 6) is -0.649. The number of carbonyl (C=O) groups is 2. The minimum Gasteiger partial charge on any atom is -0.456 e.